The summed E-state index contributed by atoms with van der Waals surface area (Å²) in [7, 11) is 0. The van der Waals surface area contributed by atoms with Crippen LogP contribution in [0.15, 0.2) is 0 Å². The number of piperidine rings is 1. The van der Waals surface area contributed by atoms with Gasteiger partial charge in [0.15, 0.2) is 0 Å². The summed E-state index contributed by atoms with van der Waals surface area (Å²) in [6, 6.07) is 1.64. The molecule has 116 valence electrons. The van der Waals surface area contributed by atoms with Gasteiger partial charge in [-0.1, -0.05) is 19.3 Å². The lowest BCUT2D eigenvalue weighted by Crippen LogP contribution is -2.63. The molecule has 1 atom stereocenters. The van der Waals surface area contributed by atoms with Crippen molar-refractivity contribution >= 4 is 0 Å². The third-order valence-electron chi connectivity index (χ3n) is 5.64. The molecule has 0 N–H and O–H groups in total. The molecule has 0 spiro atoms. The summed E-state index contributed by atoms with van der Waals surface area (Å²) >= 11 is 0. The normalized spacial score (nSPS) is 29.9. The van der Waals surface area contributed by atoms with E-state index in [2.05, 4.69) is 21.6 Å². The van der Waals surface area contributed by atoms with Crippen LogP contribution < -0.4 is 0 Å². The molecule has 0 radical (unpaired) electrons. The Labute approximate surface area is 125 Å². The molecule has 20 heavy (non-hydrogen) atoms. The molecular weight excluding hydrogens is 246 g/mol. The zero-order valence-electron chi connectivity index (χ0n) is 13.4. The maximum absolute atomic E-state index is 2.75. The largest absolute Gasteiger partial charge is 0.302 e. The van der Waals surface area contributed by atoms with Gasteiger partial charge in [-0.05, 0) is 58.8 Å². The predicted octanol–water partition coefficient (Wildman–Crippen LogP) is 2.42. The maximum atomic E-state index is 2.75. The van der Waals surface area contributed by atoms with Gasteiger partial charge in [0.25, 0.3) is 0 Å². The monoisotopic (exact) mass is 279 g/mol. The zero-order chi connectivity index (χ0) is 13.8. The van der Waals surface area contributed by atoms with Crippen molar-refractivity contribution in [3.63, 3.8) is 0 Å². The summed E-state index contributed by atoms with van der Waals surface area (Å²) < 4.78 is 0. The van der Waals surface area contributed by atoms with Gasteiger partial charge in [-0.2, -0.15) is 0 Å². The maximum Gasteiger partial charge on any atom is 0.0350 e. The average molecular weight is 279 g/mol. The molecule has 0 aromatic rings. The van der Waals surface area contributed by atoms with Crippen LogP contribution in [0.25, 0.3) is 0 Å². The molecule has 0 aliphatic carbocycles. The molecule has 3 rings (SSSR count). The molecule has 0 aromatic carbocycles. The minimum absolute atomic E-state index is 0.758. The highest BCUT2D eigenvalue weighted by atomic mass is 15.3. The highest BCUT2D eigenvalue weighted by molar-refractivity contribution is 4.92. The molecule has 3 aliphatic rings. The Kier molecular flexibility index (Phi) is 5.36. The second-order valence-electron chi connectivity index (χ2n) is 7.27. The summed E-state index contributed by atoms with van der Waals surface area (Å²) in [6.07, 6.45) is 10.1. The van der Waals surface area contributed by atoms with E-state index in [0.29, 0.717) is 0 Å². The third kappa shape index (κ3) is 3.75. The SMILES string of the molecule is CC(CN1CCCCCC1)N1CC(N2CCCCC2)C1. The first kappa shape index (κ1) is 14.8. The average Bonchev–Trinajstić information content (AvgIpc) is 2.67. The molecule has 1 unspecified atom stereocenters. The molecule has 3 heterocycles. The minimum Gasteiger partial charge on any atom is -0.302 e. The fourth-order valence-corrected chi connectivity index (χ4v) is 4.17. The first-order chi connectivity index (χ1) is 9.83. The van der Waals surface area contributed by atoms with Crippen molar-refractivity contribution in [2.45, 2.75) is 64.0 Å². The molecule has 3 fully saturated rings. The van der Waals surface area contributed by atoms with Crippen molar-refractivity contribution in [1.82, 2.24) is 14.7 Å². The van der Waals surface area contributed by atoms with Gasteiger partial charge in [-0.3, -0.25) is 9.80 Å². The summed E-state index contributed by atoms with van der Waals surface area (Å²) in [5, 5.41) is 0. The lowest BCUT2D eigenvalue weighted by molar-refractivity contribution is -0.00734. The third-order valence-corrected chi connectivity index (χ3v) is 5.64. The fraction of sp³-hybridized carbons (Fsp3) is 1.00. The van der Waals surface area contributed by atoms with Crippen molar-refractivity contribution in [2.75, 3.05) is 45.8 Å². The van der Waals surface area contributed by atoms with Gasteiger partial charge in [-0.15, -0.1) is 0 Å². The molecule has 3 aliphatic heterocycles. The molecule has 0 saturated carbocycles. The standard InChI is InChI=1S/C17H33N3/c1-16(13-18-9-5-2-3-6-10-18)20-14-17(15-20)19-11-7-4-8-12-19/h16-17H,2-15H2,1H3. The van der Waals surface area contributed by atoms with E-state index in [1.807, 2.05) is 0 Å². The van der Waals surface area contributed by atoms with Crippen LogP contribution in [0.3, 0.4) is 0 Å². The fourth-order valence-electron chi connectivity index (χ4n) is 4.17. The first-order valence-electron chi connectivity index (χ1n) is 9.03. The molecule has 0 aromatic heterocycles. The van der Waals surface area contributed by atoms with Crippen LogP contribution >= 0.6 is 0 Å². The van der Waals surface area contributed by atoms with Crippen molar-refractivity contribution in [2.24, 2.45) is 0 Å². The topological polar surface area (TPSA) is 9.72 Å². The lowest BCUT2D eigenvalue weighted by Gasteiger charge is -2.49. The molecular formula is C17H33N3. The van der Waals surface area contributed by atoms with Gasteiger partial charge in [0.2, 0.25) is 0 Å². The van der Waals surface area contributed by atoms with E-state index in [-0.39, 0.29) is 0 Å². The summed E-state index contributed by atoms with van der Waals surface area (Å²) in [5.41, 5.74) is 0. The van der Waals surface area contributed by atoms with Gasteiger partial charge in [-0.25, -0.2) is 0 Å². The smallest absolute Gasteiger partial charge is 0.0350 e. The molecule has 0 bridgehead atoms. The van der Waals surface area contributed by atoms with Crippen molar-refractivity contribution < 1.29 is 0 Å². The Balaban J connectivity index is 1.37. The van der Waals surface area contributed by atoms with Gasteiger partial charge in [0, 0.05) is 31.7 Å². The lowest BCUT2D eigenvalue weighted by atomic mass is 10.0. The van der Waals surface area contributed by atoms with Crippen LogP contribution in [0.1, 0.15) is 51.9 Å². The van der Waals surface area contributed by atoms with E-state index in [9.17, 15) is 0 Å². The number of rotatable bonds is 4. The van der Waals surface area contributed by atoms with Crippen molar-refractivity contribution in [3.8, 4) is 0 Å². The minimum atomic E-state index is 0.758. The summed E-state index contributed by atoms with van der Waals surface area (Å²) in [5.74, 6) is 0. The Morgan fingerprint density at radius 3 is 2.00 bits per heavy atom. The summed E-state index contributed by atoms with van der Waals surface area (Å²) in [4.78, 5) is 8.18. The number of likely N-dealkylation sites (tertiary alicyclic amines) is 3. The van der Waals surface area contributed by atoms with E-state index in [1.165, 1.54) is 90.8 Å². The van der Waals surface area contributed by atoms with Gasteiger partial charge in [0.1, 0.15) is 0 Å². The Hall–Kier alpha value is -0.120. The molecule has 3 heteroatoms. The van der Waals surface area contributed by atoms with E-state index in [1.54, 1.807) is 0 Å². The number of hydrogen-bond acceptors (Lipinski definition) is 3. The van der Waals surface area contributed by atoms with Gasteiger partial charge in [0.05, 0.1) is 0 Å². The zero-order valence-corrected chi connectivity index (χ0v) is 13.4. The van der Waals surface area contributed by atoms with E-state index < -0.39 is 0 Å². The number of hydrogen-bond donors (Lipinski definition) is 0. The van der Waals surface area contributed by atoms with Gasteiger partial charge < -0.3 is 4.90 Å². The van der Waals surface area contributed by atoms with E-state index in [0.717, 1.165) is 12.1 Å². The van der Waals surface area contributed by atoms with Crippen molar-refractivity contribution in [1.29, 1.82) is 0 Å². The molecule has 3 saturated heterocycles. The van der Waals surface area contributed by atoms with Crippen LogP contribution in [-0.4, -0.2) is 72.6 Å². The van der Waals surface area contributed by atoms with Crippen LogP contribution in [0.5, 0.6) is 0 Å². The number of nitrogens with zero attached hydrogens (tertiary/aromatic N) is 3. The van der Waals surface area contributed by atoms with Crippen LogP contribution in [0, 0.1) is 0 Å². The molecule has 0 amide bonds. The van der Waals surface area contributed by atoms with E-state index >= 15 is 0 Å². The van der Waals surface area contributed by atoms with Crippen LogP contribution in [0.2, 0.25) is 0 Å². The highest BCUT2D eigenvalue weighted by Gasteiger charge is 2.35. The van der Waals surface area contributed by atoms with Crippen LogP contribution in [0.4, 0.5) is 0 Å². The second kappa shape index (κ2) is 7.24. The first-order valence-corrected chi connectivity index (χ1v) is 9.03. The Morgan fingerprint density at radius 1 is 0.800 bits per heavy atom. The van der Waals surface area contributed by atoms with Crippen LogP contribution in [-0.2, 0) is 0 Å². The predicted molar refractivity (Wildman–Crippen MR) is 85.2 cm³/mol. The highest BCUT2D eigenvalue weighted by Crippen LogP contribution is 2.22. The summed E-state index contributed by atoms with van der Waals surface area (Å²) in [6.45, 7) is 11.8. The van der Waals surface area contributed by atoms with E-state index in [4.69, 9.17) is 0 Å². The van der Waals surface area contributed by atoms with Crippen molar-refractivity contribution in [3.05, 3.63) is 0 Å². The quantitative estimate of drug-likeness (QED) is 0.782. The second-order valence-corrected chi connectivity index (χ2v) is 7.27. The Bertz CT molecular complexity index is 274. The molecule has 3 nitrogen and oxygen atoms in total. The Morgan fingerprint density at radius 2 is 1.35 bits per heavy atom. The van der Waals surface area contributed by atoms with Gasteiger partial charge >= 0.3 is 0 Å².